The zero-order chi connectivity index (χ0) is 12.3. The van der Waals surface area contributed by atoms with Crippen molar-refractivity contribution in [1.82, 2.24) is 10.6 Å². The van der Waals surface area contributed by atoms with Gasteiger partial charge in [-0.15, -0.1) is 0 Å². The van der Waals surface area contributed by atoms with Crippen molar-refractivity contribution in [2.75, 3.05) is 0 Å². The monoisotopic (exact) mass is 261 g/mol. The first kappa shape index (κ1) is 20.0. The van der Waals surface area contributed by atoms with Gasteiger partial charge in [-0.25, -0.2) is 4.79 Å². The molecule has 0 spiro atoms. The van der Waals surface area contributed by atoms with Crippen LogP contribution in [0.4, 0.5) is 4.79 Å². The van der Waals surface area contributed by atoms with Crippen molar-refractivity contribution < 1.29 is 45.4 Å². The van der Waals surface area contributed by atoms with Crippen LogP contribution in [0.2, 0.25) is 0 Å². The normalized spacial score (nSPS) is 18.9. The van der Waals surface area contributed by atoms with Crippen molar-refractivity contribution in [3.8, 4) is 0 Å². The molecule has 1 atom stereocenters. The van der Waals surface area contributed by atoms with E-state index in [1.54, 1.807) is 6.92 Å². The molecule has 0 aromatic carbocycles. The van der Waals surface area contributed by atoms with E-state index >= 15 is 0 Å². The molecule has 0 aromatic heterocycles. The summed E-state index contributed by atoms with van der Waals surface area (Å²) in [7, 11) is 0. The van der Waals surface area contributed by atoms with Crippen LogP contribution in [0.15, 0.2) is 0 Å². The summed E-state index contributed by atoms with van der Waals surface area (Å²) in [6, 6.07) is -0.720. The molecule has 2 N–H and O–H groups in total. The molecule has 0 aliphatic carbocycles. The van der Waals surface area contributed by atoms with Gasteiger partial charge in [0.15, 0.2) is 0 Å². The number of hydrogen-bond acceptors (Lipinski definition) is 3. The van der Waals surface area contributed by atoms with Crippen molar-refractivity contribution in [1.29, 1.82) is 0 Å². The fourth-order valence-corrected chi connectivity index (χ4v) is 2.36. The average molecular weight is 261 g/mol. The summed E-state index contributed by atoms with van der Waals surface area (Å²) in [6.45, 7) is 5.67. The van der Waals surface area contributed by atoms with Crippen LogP contribution in [-0.4, -0.2) is 26.3 Å². The Morgan fingerprint density at radius 3 is 1.94 bits per heavy atom. The zero-order valence-electron chi connectivity index (χ0n) is 12.5. The van der Waals surface area contributed by atoms with E-state index in [0.717, 1.165) is 12.8 Å². The Bertz CT molecular complexity index is 322. The van der Waals surface area contributed by atoms with Crippen LogP contribution in [0.3, 0.4) is 0 Å². The summed E-state index contributed by atoms with van der Waals surface area (Å²) >= 11 is 0. The maximum atomic E-state index is 11.9. The van der Waals surface area contributed by atoms with Crippen LogP contribution in [0.25, 0.3) is 0 Å². The van der Waals surface area contributed by atoms with E-state index < -0.39 is 23.3 Å². The Morgan fingerprint density at radius 1 is 1.17 bits per heavy atom. The topological polar surface area (TPSA) is 75.3 Å². The molecular weight excluding hydrogens is 242 g/mol. The number of rotatable bonds is 4. The summed E-state index contributed by atoms with van der Waals surface area (Å²) in [4.78, 5) is 34.8. The molecule has 95 valence electrons. The second kappa shape index (κ2) is 7.97. The summed E-state index contributed by atoms with van der Waals surface area (Å²) in [5.41, 5.74) is -1.09. The number of amides is 4. The molecular formula is C11H19BN2NaO3. The van der Waals surface area contributed by atoms with Crippen LogP contribution < -0.4 is 40.2 Å². The number of nitrogens with one attached hydrogen (secondary N) is 2. The quantitative estimate of drug-likeness (QED) is 0.450. The minimum absolute atomic E-state index is 0. The average Bonchev–Trinajstić information content (AvgIpc) is 2.18. The van der Waals surface area contributed by atoms with E-state index in [1.807, 2.05) is 13.8 Å². The first-order chi connectivity index (χ1) is 7.48. The molecule has 5 nitrogen and oxygen atoms in total. The molecule has 1 saturated heterocycles. The second-order valence-electron chi connectivity index (χ2n) is 4.25. The van der Waals surface area contributed by atoms with Crippen LogP contribution in [-0.2, 0) is 9.59 Å². The van der Waals surface area contributed by atoms with E-state index in [2.05, 4.69) is 10.6 Å². The van der Waals surface area contributed by atoms with Crippen molar-refractivity contribution >= 4 is 26.3 Å². The Hall–Kier alpha value is -0.325. The molecule has 3 radical (unpaired) electrons. The van der Waals surface area contributed by atoms with Gasteiger partial charge in [0.25, 0.3) is 0 Å². The molecule has 0 aromatic rings. The Kier molecular flexibility index (Phi) is 8.85. The van der Waals surface area contributed by atoms with Gasteiger partial charge < -0.3 is 1.43 Å². The molecule has 1 aliphatic heterocycles. The molecule has 1 unspecified atom stereocenters. The third-order valence-electron chi connectivity index (χ3n) is 3.39. The van der Waals surface area contributed by atoms with E-state index in [1.165, 1.54) is 0 Å². The minimum atomic E-state index is -1.09. The van der Waals surface area contributed by atoms with Crippen LogP contribution in [0, 0.1) is 11.3 Å². The van der Waals surface area contributed by atoms with E-state index in [4.69, 9.17) is 0 Å². The summed E-state index contributed by atoms with van der Waals surface area (Å²) in [6.07, 6.45) is 2.08. The predicted octanol–water partition coefficient (Wildman–Crippen LogP) is -2.08. The van der Waals surface area contributed by atoms with E-state index in [9.17, 15) is 14.4 Å². The first-order valence-electron chi connectivity index (χ1n) is 5.65. The molecule has 7 heteroatoms. The van der Waals surface area contributed by atoms with E-state index in [0.29, 0.717) is 6.42 Å². The van der Waals surface area contributed by atoms with E-state index in [-0.39, 0.29) is 45.3 Å². The predicted molar refractivity (Wildman–Crippen MR) is 65.3 cm³/mol. The van der Waals surface area contributed by atoms with Gasteiger partial charge in [0.2, 0.25) is 11.8 Å². The van der Waals surface area contributed by atoms with Gasteiger partial charge in [0.05, 0.1) is 0 Å². The summed E-state index contributed by atoms with van der Waals surface area (Å²) in [5.74, 6) is -1.01. The summed E-state index contributed by atoms with van der Waals surface area (Å²) in [5, 5.41) is 4.36. The standard InChI is InChI=1S/C11H18N2O3.B.Na.H/c1-4-6-7(3)11(5-2)8(14)12-10(16)13-9(11)15;;;/h7H,4-6H2,1-3H3,(H2,12,13,14,15,16);;;/q;;+1;-1. The van der Waals surface area contributed by atoms with Crippen molar-refractivity contribution in [3.63, 3.8) is 0 Å². The van der Waals surface area contributed by atoms with Gasteiger partial charge in [-0.3, -0.25) is 20.2 Å². The number of hydrogen-bond donors (Lipinski definition) is 2. The van der Waals surface area contributed by atoms with Crippen molar-refractivity contribution in [2.24, 2.45) is 11.3 Å². The van der Waals surface area contributed by atoms with Crippen LogP contribution in [0.5, 0.6) is 0 Å². The van der Waals surface area contributed by atoms with Gasteiger partial charge >= 0.3 is 35.6 Å². The SMILES string of the molecule is CCCC(C)C1(CC)C(=O)NC(=O)NC1=O.[B].[H-].[Na+]. The minimum Gasteiger partial charge on any atom is -1.00 e. The fraction of sp³-hybridized carbons (Fsp3) is 0.727. The maximum absolute atomic E-state index is 11.9. The number of carbonyl (C=O) groups is 3. The van der Waals surface area contributed by atoms with Crippen LogP contribution >= 0.6 is 0 Å². The molecule has 0 saturated carbocycles. The van der Waals surface area contributed by atoms with Gasteiger partial charge in [0, 0.05) is 8.41 Å². The summed E-state index contributed by atoms with van der Waals surface area (Å²) < 4.78 is 0. The van der Waals surface area contributed by atoms with Crippen molar-refractivity contribution in [2.45, 2.75) is 40.0 Å². The largest absolute Gasteiger partial charge is 1.00 e. The molecule has 1 aliphatic rings. The molecule has 0 bridgehead atoms. The molecule has 4 amide bonds. The Labute approximate surface area is 133 Å². The first-order valence-corrected chi connectivity index (χ1v) is 5.65. The van der Waals surface area contributed by atoms with Crippen LogP contribution in [0.1, 0.15) is 41.5 Å². The molecule has 1 heterocycles. The van der Waals surface area contributed by atoms with Gasteiger partial charge in [0.1, 0.15) is 5.41 Å². The van der Waals surface area contributed by atoms with Gasteiger partial charge in [-0.05, 0) is 18.8 Å². The van der Waals surface area contributed by atoms with Gasteiger partial charge in [-0.1, -0.05) is 27.2 Å². The fourth-order valence-electron chi connectivity index (χ4n) is 2.36. The third-order valence-corrected chi connectivity index (χ3v) is 3.39. The maximum Gasteiger partial charge on any atom is 1.00 e. The zero-order valence-corrected chi connectivity index (χ0v) is 13.5. The van der Waals surface area contributed by atoms with Gasteiger partial charge in [-0.2, -0.15) is 0 Å². The van der Waals surface area contributed by atoms with Crippen molar-refractivity contribution in [3.05, 3.63) is 0 Å². The molecule has 1 fully saturated rings. The Balaban J connectivity index is -0.000000853. The number of barbiturate groups is 1. The smallest absolute Gasteiger partial charge is 1.00 e. The number of urea groups is 1. The third kappa shape index (κ3) is 3.36. The second-order valence-corrected chi connectivity index (χ2v) is 4.25. The molecule has 18 heavy (non-hydrogen) atoms. The number of imide groups is 2. The molecule has 1 rings (SSSR count). The Morgan fingerprint density at radius 2 is 1.61 bits per heavy atom. The number of carbonyl (C=O) groups excluding carboxylic acids is 3.